The Hall–Kier alpha value is -0.120. The summed E-state index contributed by atoms with van der Waals surface area (Å²) in [7, 11) is 11.0. The van der Waals surface area contributed by atoms with Gasteiger partial charge in [0.15, 0.2) is 0 Å². The van der Waals surface area contributed by atoms with Crippen molar-refractivity contribution in [3.8, 4) is 0 Å². The summed E-state index contributed by atoms with van der Waals surface area (Å²) in [6, 6.07) is 0. The largest absolute Gasteiger partial charge is 0.331 e. The Labute approximate surface area is 89.7 Å². The first-order valence-corrected chi connectivity index (χ1v) is 5.58. The molecule has 0 aromatic carbocycles. The second kappa shape index (κ2) is 7.21. The fourth-order valence-electron chi connectivity index (χ4n) is 1.32. The summed E-state index contributed by atoms with van der Waals surface area (Å²) in [6.45, 7) is 4.74. The normalized spacial score (nSPS) is 12.4. The van der Waals surface area contributed by atoms with E-state index in [1.54, 1.807) is 0 Å². The van der Waals surface area contributed by atoms with Crippen molar-refractivity contribution < 1.29 is 4.48 Å². The van der Waals surface area contributed by atoms with Crippen LogP contribution in [0.4, 0.5) is 0 Å². The van der Waals surface area contributed by atoms with Crippen LogP contribution in [0.2, 0.25) is 0 Å². The van der Waals surface area contributed by atoms with Crippen LogP contribution in [0.3, 0.4) is 0 Å². The first-order chi connectivity index (χ1) is 6.42. The highest BCUT2D eigenvalue weighted by Crippen LogP contribution is 1.91. The fourth-order valence-corrected chi connectivity index (χ4v) is 1.32. The lowest BCUT2D eigenvalue weighted by Crippen LogP contribution is -2.36. The van der Waals surface area contributed by atoms with Crippen LogP contribution in [0.1, 0.15) is 12.8 Å². The van der Waals surface area contributed by atoms with Gasteiger partial charge in [0.2, 0.25) is 0 Å². The lowest BCUT2D eigenvalue weighted by atomic mass is 10.3. The number of nitrogens with one attached hydrogen (secondary N) is 1. The highest BCUT2D eigenvalue weighted by atomic mass is 15.3. The molecule has 0 aromatic rings. The molecule has 86 valence electrons. The molecule has 0 heterocycles. The molecule has 0 aliphatic carbocycles. The molecule has 0 saturated carbocycles. The molecule has 0 unspecified atom stereocenters. The molecule has 3 heteroatoms. The molecule has 0 aromatic heterocycles. The van der Waals surface area contributed by atoms with Crippen LogP contribution < -0.4 is 5.32 Å². The van der Waals surface area contributed by atoms with Gasteiger partial charge in [-0.05, 0) is 33.6 Å². The van der Waals surface area contributed by atoms with Crippen molar-refractivity contribution in [2.24, 2.45) is 0 Å². The molecule has 0 amide bonds. The highest BCUT2D eigenvalue weighted by molar-refractivity contribution is 4.50. The zero-order chi connectivity index (χ0) is 11.0. The van der Waals surface area contributed by atoms with E-state index < -0.39 is 0 Å². The van der Waals surface area contributed by atoms with Gasteiger partial charge in [-0.2, -0.15) is 0 Å². The Morgan fingerprint density at radius 1 is 1.00 bits per heavy atom. The summed E-state index contributed by atoms with van der Waals surface area (Å²) < 4.78 is 1.07. The third-order valence-electron chi connectivity index (χ3n) is 2.14. The van der Waals surface area contributed by atoms with Crippen molar-refractivity contribution in [3.63, 3.8) is 0 Å². The van der Waals surface area contributed by atoms with Crippen LogP contribution in [-0.2, 0) is 0 Å². The van der Waals surface area contributed by atoms with E-state index in [0.29, 0.717) is 0 Å². The Balaban J connectivity index is 3.07. The molecule has 0 fully saturated rings. The van der Waals surface area contributed by atoms with Crippen LogP contribution in [0.25, 0.3) is 0 Å². The van der Waals surface area contributed by atoms with Gasteiger partial charge in [0, 0.05) is 13.0 Å². The Bertz CT molecular complexity index is 127. The third kappa shape index (κ3) is 11.9. The number of nitrogens with zero attached hydrogens (tertiary/aromatic N) is 2. The SMILES string of the molecule is CN(C)CCCNCCC[N+](C)(C)C. The molecule has 14 heavy (non-hydrogen) atoms. The number of hydrogen-bond acceptors (Lipinski definition) is 2. The number of hydrogen-bond donors (Lipinski definition) is 1. The summed E-state index contributed by atoms with van der Waals surface area (Å²) in [5.41, 5.74) is 0. The van der Waals surface area contributed by atoms with Crippen molar-refractivity contribution in [2.75, 3.05) is 61.4 Å². The minimum Gasteiger partial charge on any atom is -0.331 e. The Morgan fingerprint density at radius 3 is 2.07 bits per heavy atom. The number of quaternary nitrogens is 1. The van der Waals surface area contributed by atoms with Gasteiger partial charge in [0.05, 0.1) is 27.7 Å². The summed E-state index contributed by atoms with van der Waals surface area (Å²) in [5.74, 6) is 0. The van der Waals surface area contributed by atoms with Gasteiger partial charge in [-0.3, -0.25) is 0 Å². The molecule has 0 atom stereocenters. The second-order valence-electron chi connectivity index (χ2n) is 5.27. The topological polar surface area (TPSA) is 15.3 Å². The summed E-state index contributed by atoms with van der Waals surface area (Å²) in [6.07, 6.45) is 2.52. The smallest absolute Gasteiger partial charge is 0.0792 e. The maximum atomic E-state index is 3.48. The number of rotatable bonds is 8. The van der Waals surface area contributed by atoms with E-state index >= 15 is 0 Å². The molecule has 0 spiro atoms. The average Bonchev–Trinajstić information content (AvgIpc) is 2.00. The van der Waals surface area contributed by atoms with Gasteiger partial charge >= 0.3 is 0 Å². The first-order valence-electron chi connectivity index (χ1n) is 5.58. The zero-order valence-corrected chi connectivity index (χ0v) is 10.6. The minimum atomic E-state index is 1.07. The maximum absolute atomic E-state index is 3.48. The van der Waals surface area contributed by atoms with E-state index in [0.717, 1.165) is 17.6 Å². The van der Waals surface area contributed by atoms with Crippen LogP contribution in [0.5, 0.6) is 0 Å². The molecular weight excluding hydrogens is 174 g/mol. The van der Waals surface area contributed by atoms with Crippen molar-refractivity contribution in [2.45, 2.75) is 12.8 Å². The lowest BCUT2D eigenvalue weighted by molar-refractivity contribution is -0.870. The van der Waals surface area contributed by atoms with Crippen LogP contribution in [-0.4, -0.2) is 70.8 Å². The van der Waals surface area contributed by atoms with E-state index in [1.165, 1.54) is 25.9 Å². The minimum absolute atomic E-state index is 1.07. The van der Waals surface area contributed by atoms with Gasteiger partial charge < -0.3 is 14.7 Å². The van der Waals surface area contributed by atoms with E-state index in [4.69, 9.17) is 0 Å². The molecule has 0 rings (SSSR count). The summed E-state index contributed by atoms with van der Waals surface area (Å²) in [4.78, 5) is 2.23. The zero-order valence-electron chi connectivity index (χ0n) is 10.6. The monoisotopic (exact) mass is 202 g/mol. The van der Waals surface area contributed by atoms with E-state index in [9.17, 15) is 0 Å². The van der Waals surface area contributed by atoms with Gasteiger partial charge in [-0.1, -0.05) is 0 Å². The van der Waals surface area contributed by atoms with Gasteiger partial charge in [0.1, 0.15) is 0 Å². The van der Waals surface area contributed by atoms with Gasteiger partial charge in [-0.15, -0.1) is 0 Å². The summed E-state index contributed by atoms with van der Waals surface area (Å²) in [5, 5.41) is 3.48. The second-order valence-corrected chi connectivity index (χ2v) is 5.27. The van der Waals surface area contributed by atoms with Gasteiger partial charge in [-0.25, -0.2) is 0 Å². The van der Waals surface area contributed by atoms with Crippen LogP contribution in [0.15, 0.2) is 0 Å². The maximum Gasteiger partial charge on any atom is 0.0792 e. The first kappa shape index (κ1) is 13.9. The van der Waals surface area contributed by atoms with Crippen molar-refractivity contribution in [1.29, 1.82) is 0 Å². The predicted molar refractivity (Wildman–Crippen MR) is 63.6 cm³/mol. The molecule has 3 nitrogen and oxygen atoms in total. The van der Waals surface area contributed by atoms with E-state index in [2.05, 4.69) is 45.5 Å². The van der Waals surface area contributed by atoms with Crippen molar-refractivity contribution in [3.05, 3.63) is 0 Å². The molecule has 0 aliphatic rings. The summed E-state index contributed by atoms with van der Waals surface area (Å²) >= 11 is 0. The Kier molecular flexibility index (Phi) is 7.15. The molecule has 1 N–H and O–H groups in total. The van der Waals surface area contributed by atoms with E-state index in [1.807, 2.05) is 0 Å². The Morgan fingerprint density at radius 2 is 1.57 bits per heavy atom. The quantitative estimate of drug-likeness (QED) is 0.459. The predicted octanol–water partition coefficient (Wildman–Crippen LogP) is 0.624. The lowest BCUT2D eigenvalue weighted by Gasteiger charge is -2.23. The molecule has 0 bridgehead atoms. The molecule has 0 radical (unpaired) electrons. The molecule has 0 aliphatic heterocycles. The van der Waals surface area contributed by atoms with Crippen molar-refractivity contribution in [1.82, 2.24) is 10.2 Å². The fraction of sp³-hybridized carbons (Fsp3) is 1.00. The van der Waals surface area contributed by atoms with Crippen molar-refractivity contribution >= 4 is 0 Å². The molecule has 0 saturated heterocycles. The molecular formula is C11H28N3+. The average molecular weight is 202 g/mol. The van der Waals surface area contributed by atoms with E-state index in [-0.39, 0.29) is 0 Å². The van der Waals surface area contributed by atoms with Crippen LogP contribution >= 0.6 is 0 Å². The highest BCUT2D eigenvalue weighted by Gasteiger charge is 2.04. The van der Waals surface area contributed by atoms with Crippen LogP contribution in [0, 0.1) is 0 Å². The third-order valence-corrected chi connectivity index (χ3v) is 2.14. The standard InChI is InChI=1S/C11H28N3/c1-13(2)10-6-8-12-9-7-11-14(3,4)5/h12H,6-11H2,1-5H3/q+1. The van der Waals surface area contributed by atoms with Gasteiger partial charge in [0.25, 0.3) is 0 Å².